The number of halogens is 1. The first-order chi connectivity index (χ1) is 8.59. The average molecular weight is 248 g/mol. The molecule has 0 aliphatic carbocycles. The Morgan fingerprint density at radius 1 is 1.56 bits per heavy atom. The summed E-state index contributed by atoms with van der Waals surface area (Å²) >= 11 is 0. The van der Waals surface area contributed by atoms with Crippen LogP contribution in [0.1, 0.15) is 15.9 Å². The minimum atomic E-state index is -0.586. The first-order valence-electron chi connectivity index (χ1n) is 5.36. The number of para-hydroxylation sites is 1. The van der Waals surface area contributed by atoms with Crippen molar-refractivity contribution >= 4 is 11.6 Å². The summed E-state index contributed by atoms with van der Waals surface area (Å²) in [5.74, 6) is -0.911. The molecular formula is C12H13FN4O. The van der Waals surface area contributed by atoms with Crippen LogP contribution in [0.25, 0.3) is 0 Å². The Labute approximate surface area is 103 Å². The first-order valence-corrected chi connectivity index (χ1v) is 5.36. The van der Waals surface area contributed by atoms with E-state index in [1.54, 1.807) is 19.4 Å². The van der Waals surface area contributed by atoms with Crippen molar-refractivity contribution in [1.29, 1.82) is 0 Å². The lowest BCUT2D eigenvalue weighted by Gasteiger charge is -2.17. The van der Waals surface area contributed by atoms with Gasteiger partial charge >= 0.3 is 0 Å². The number of amides is 1. The molecule has 1 aromatic carbocycles. The highest BCUT2D eigenvalue weighted by atomic mass is 19.1. The van der Waals surface area contributed by atoms with Gasteiger partial charge in [-0.05, 0) is 12.1 Å². The number of H-pyrrole nitrogens is 1. The van der Waals surface area contributed by atoms with E-state index >= 15 is 0 Å². The highest BCUT2D eigenvalue weighted by molar-refractivity contribution is 5.99. The molecule has 2 rings (SSSR count). The Hall–Kier alpha value is -2.37. The van der Waals surface area contributed by atoms with E-state index in [2.05, 4.69) is 10.2 Å². The number of anilines is 1. The summed E-state index contributed by atoms with van der Waals surface area (Å²) in [6.07, 6.45) is 3.32. The quantitative estimate of drug-likeness (QED) is 0.806. The number of benzene rings is 1. The van der Waals surface area contributed by atoms with Crippen LogP contribution in [0, 0.1) is 5.82 Å². The molecule has 0 fully saturated rings. The van der Waals surface area contributed by atoms with E-state index in [4.69, 9.17) is 5.73 Å². The second-order valence-corrected chi connectivity index (χ2v) is 3.97. The molecule has 1 aromatic heterocycles. The molecule has 0 aliphatic rings. The molecule has 6 heteroatoms. The minimum absolute atomic E-state index is 0.124. The highest BCUT2D eigenvalue weighted by Crippen LogP contribution is 2.18. The lowest BCUT2D eigenvalue weighted by molar-refractivity contribution is 0.0786. The summed E-state index contributed by atoms with van der Waals surface area (Å²) in [5, 5.41) is 6.45. The maximum atomic E-state index is 13.3. The van der Waals surface area contributed by atoms with E-state index in [0.717, 1.165) is 5.56 Å². The third-order valence-electron chi connectivity index (χ3n) is 2.60. The van der Waals surface area contributed by atoms with Gasteiger partial charge in [0.15, 0.2) is 0 Å². The minimum Gasteiger partial charge on any atom is -0.396 e. The number of carbonyl (C=O) groups is 1. The number of nitrogen functional groups attached to an aromatic ring is 1. The number of nitrogens with two attached hydrogens (primary N) is 1. The molecule has 1 heterocycles. The van der Waals surface area contributed by atoms with Crippen LogP contribution in [0.15, 0.2) is 30.6 Å². The number of carbonyl (C=O) groups excluding carboxylic acids is 1. The molecule has 0 atom stereocenters. The molecule has 18 heavy (non-hydrogen) atoms. The Morgan fingerprint density at radius 3 is 3.00 bits per heavy atom. The van der Waals surface area contributed by atoms with Gasteiger partial charge in [0, 0.05) is 25.4 Å². The van der Waals surface area contributed by atoms with Crippen LogP contribution in [-0.4, -0.2) is 28.1 Å². The lowest BCUT2D eigenvalue weighted by atomic mass is 10.1. The maximum absolute atomic E-state index is 13.3. The number of hydrogen-bond donors (Lipinski definition) is 2. The smallest absolute Gasteiger partial charge is 0.256 e. The van der Waals surface area contributed by atoms with Crippen LogP contribution in [0.4, 0.5) is 10.1 Å². The second-order valence-electron chi connectivity index (χ2n) is 3.97. The SMILES string of the molecule is CN(Cc1cn[nH]c1)C(=O)c1cccc(F)c1N. The zero-order valence-corrected chi connectivity index (χ0v) is 9.85. The number of aromatic amines is 1. The maximum Gasteiger partial charge on any atom is 0.256 e. The van der Waals surface area contributed by atoms with E-state index in [9.17, 15) is 9.18 Å². The van der Waals surface area contributed by atoms with Gasteiger partial charge in [-0.25, -0.2) is 4.39 Å². The van der Waals surface area contributed by atoms with Crippen LogP contribution >= 0.6 is 0 Å². The van der Waals surface area contributed by atoms with Gasteiger partial charge in [-0.15, -0.1) is 0 Å². The van der Waals surface area contributed by atoms with Crippen molar-refractivity contribution in [2.45, 2.75) is 6.54 Å². The van der Waals surface area contributed by atoms with E-state index in [1.807, 2.05) is 0 Å². The summed E-state index contributed by atoms with van der Waals surface area (Å²) in [6.45, 7) is 0.380. The van der Waals surface area contributed by atoms with Gasteiger partial charge in [0.1, 0.15) is 5.82 Å². The van der Waals surface area contributed by atoms with Gasteiger partial charge in [0.05, 0.1) is 17.4 Å². The topological polar surface area (TPSA) is 75.0 Å². The standard InChI is InChI=1S/C12H13FN4O/c1-17(7-8-5-15-16-6-8)12(18)9-3-2-4-10(13)11(9)14/h2-6H,7,14H2,1H3,(H,15,16). The van der Waals surface area contributed by atoms with Crippen LogP contribution in [-0.2, 0) is 6.54 Å². The third kappa shape index (κ3) is 2.32. The predicted molar refractivity (Wildman–Crippen MR) is 65.2 cm³/mol. The van der Waals surface area contributed by atoms with Crippen molar-refractivity contribution in [3.63, 3.8) is 0 Å². The van der Waals surface area contributed by atoms with Crippen molar-refractivity contribution in [1.82, 2.24) is 15.1 Å². The molecule has 2 aromatic rings. The normalized spacial score (nSPS) is 10.3. The number of nitrogens with zero attached hydrogens (tertiary/aromatic N) is 2. The fourth-order valence-electron chi connectivity index (χ4n) is 1.64. The molecule has 0 saturated carbocycles. The molecule has 0 spiro atoms. The number of nitrogens with one attached hydrogen (secondary N) is 1. The summed E-state index contributed by atoms with van der Waals surface area (Å²) in [6, 6.07) is 4.19. The molecule has 1 amide bonds. The molecule has 5 nitrogen and oxygen atoms in total. The molecule has 0 radical (unpaired) electrons. The summed E-state index contributed by atoms with van der Waals surface area (Å²) in [5.41, 5.74) is 6.46. The van der Waals surface area contributed by atoms with Gasteiger partial charge in [-0.2, -0.15) is 5.10 Å². The highest BCUT2D eigenvalue weighted by Gasteiger charge is 2.17. The van der Waals surface area contributed by atoms with Crippen LogP contribution in [0.2, 0.25) is 0 Å². The van der Waals surface area contributed by atoms with E-state index in [1.165, 1.54) is 23.1 Å². The van der Waals surface area contributed by atoms with Crippen molar-refractivity contribution in [3.8, 4) is 0 Å². The summed E-state index contributed by atoms with van der Waals surface area (Å²) < 4.78 is 13.3. The molecule has 0 saturated heterocycles. The summed E-state index contributed by atoms with van der Waals surface area (Å²) in [4.78, 5) is 13.5. The van der Waals surface area contributed by atoms with E-state index in [-0.39, 0.29) is 17.2 Å². The fourth-order valence-corrected chi connectivity index (χ4v) is 1.64. The Kier molecular flexibility index (Phi) is 3.27. The Morgan fingerprint density at radius 2 is 2.33 bits per heavy atom. The molecule has 0 bridgehead atoms. The number of rotatable bonds is 3. The van der Waals surface area contributed by atoms with Gasteiger partial charge in [0.25, 0.3) is 5.91 Å². The van der Waals surface area contributed by atoms with Crippen molar-refractivity contribution < 1.29 is 9.18 Å². The zero-order chi connectivity index (χ0) is 13.1. The average Bonchev–Trinajstić information content (AvgIpc) is 2.84. The Balaban J connectivity index is 2.18. The molecule has 0 unspecified atom stereocenters. The summed E-state index contributed by atoms with van der Waals surface area (Å²) in [7, 11) is 1.62. The fraction of sp³-hybridized carbons (Fsp3) is 0.167. The largest absolute Gasteiger partial charge is 0.396 e. The molecule has 3 N–H and O–H groups in total. The van der Waals surface area contributed by atoms with Crippen LogP contribution < -0.4 is 5.73 Å². The predicted octanol–water partition coefficient (Wildman–Crippen LogP) is 1.40. The third-order valence-corrected chi connectivity index (χ3v) is 2.60. The molecule has 94 valence electrons. The molecule has 0 aliphatic heterocycles. The monoisotopic (exact) mass is 248 g/mol. The van der Waals surface area contributed by atoms with Crippen molar-refractivity contribution in [2.75, 3.05) is 12.8 Å². The van der Waals surface area contributed by atoms with Gasteiger partial charge < -0.3 is 10.6 Å². The lowest BCUT2D eigenvalue weighted by Crippen LogP contribution is -2.27. The van der Waals surface area contributed by atoms with E-state index in [0.29, 0.717) is 6.54 Å². The van der Waals surface area contributed by atoms with Crippen molar-refractivity contribution in [3.05, 3.63) is 47.5 Å². The van der Waals surface area contributed by atoms with Gasteiger partial charge in [0.2, 0.25) is 0 Å². The number of hydrogen-bond acceptors (Lipinski definition) is 3. The van der Waals surface area contributed by atoms with Gasteiger partial charge in [-0.3, -0.25) is 9.89 Å². The van der Waals surface area contributed by atoms with Crippen molar-refractivity contribution in [2.24, 2.45) is 0 Å². The van der Waals surface area contributed by atoms with E-state index < -0.39 is 5.82 Å². The molecular weight excluding hydrogens is 235 g/mol. The van der Waals surface area contributed by atoms with Crippen LogP contribution in [0.5, 0.6) is 0 Å². The zero-order valence-electron chi connectivity index (χ0n) is 9.85. The number of aromatic nitrogens is 2. The van der Waals surface area contributed by atoms with Crippen LogP contribution in [0.3, 0.4) is 0 Å². The Bertz CT molecular complexity index is 553. The van der Waals surface area contributed by atoms with Gasteiger partial charge in [-0.1, -0.05) is 6.07 Å². The second kappa shape index (κ2) is 4.87. The first kappa shape index (κ1) is 12.1.